The zero-order valence-electron chi connectivity index (χ0n) is 14.4. The molecular formula is C19H21N3O2S. The summed E-state index contributed by atoms with van der Waals surface area (Å²) in [7, 11) is 0. The molecule has 1 unspecified atom stereocenters. The number of benzene rings is 1. The van der Waals surface area contributed by atoms with E-state index in [0.717, 1.165) is 28.4 Å². The summed E-state index contributed by atoms with van der Waals surface area (Å²) in [4.78, 5) is 16.2. The molecule has 0 aliphatic carbocycles. The smallest absolute Gasteiger partial charge is 0.245 e. The van der Waals surface area contributed by atoms with Gasteiger partial charge in [0.05, 0.1) is 16.8 Å². The first-order valence-electron chi connectivity index (χ1n) is 8.12. The van der Waals surface area contributed by atoms with Crippen LogP contribution in [0.5, 0.6) is 5.75 Å². The molecule has 0 spiro atoms. The Morgan fingerprint density at radius 1 is 1.44 bits per heavy atom. The molecule has 0 aliphatic rings. The van der Waals surface area contributed by atoms with Crippen molar-refractivity contribution in [3.05, 3.63) is 52.0 Å². The molecule has 5 nitrogen and oxygen atoms in total. The van der Waals surface area contributed by atoms with Gasteiger partial charge in [0.15, 0.2) is 0 Å². The number of thiazole rings is 1. The van der Waals surface area contributed by atoms with E-state index in [1.165, 1.54) is 6.08 Å². The lowest BCUT2D eigenvalue weighted by Gasteiger charge is -2.07. The van der Waals surface area contributed by atoms with E-state index in [0.29, 0.717) is 13.0 Å². The fraction of sp³-hybridized carbons (Fsp3) is 0.316. The molecule has 1 aromatic carbocycles. The van der Waals surface area contributed by atoms with Crippen molar-refractivity contribution in [2.45, 2.75) is 39.3 Å². The number of hydrogen-bond acceptors (Lipinski definition) is 5. The van der Waals surface area contributed by atoms with E-state index in [2.05, 4.69) is 16.4 Å². The summed E-state index contributed by atoms with van der Waals surface area (Å²) in [5.41, 5.74) is 1.80. The van der Waals surface area contributed by atoms with Gasteiger partial charge in [-0.3, -0.25) is 4.79 Å². The normalized spacial score (nSPS) is 11.9. The fourth-order valence-electron chi connectivity index (χ4n) is 2.16. The molecule has 0 radical (unpaired) electrons. The first kappa shape index (κ1) is 18.7. The Hall–Kier alpha value is -2.65. The molecule has 130 valence electrons. The maximum atomic E-state index is 11.8. The van der Waals surface area contributed by atoms with Gasteiger partial charge in [0, 0.05) is 11.5 Å². The van der Waals surface area contributed by atoms with Crippen LogP contribution in [0, 0.1) is 18.3 Å². The maximum absolute atomic E-state index is 11.8. The molecule has 0 aliphatic heterocycles. The maximum Gasteiger partial charge on any atom is 0.245 e. The van der Waals surface area contributed by atoms with Crippen LogP contribution >= 0.6 is 11.3 Å². The fourth-order valence-corrected chi connectivity index (χ4v) is 2.75. The van der Waals surface area contributed by atoms with Crippen molar-refractivity contribution in [1.82, 2.24) is 10.3 Å². The quantitative estimate of drug-likeness (QED) is 0.730. The molecule has 1 aromatic heterocycles. The summed E-state index contributed by atoms with van der Waals surface area (Å²) in [6, 6.07) is 9.10. The van der Waals surface area contributed by atoms with E-state index in [1.54, 1.807) is 17.4 Å². The first-order valence-corrected chi connectivity index (χ1v) is 9.00. The van der Waals surface area contributed by atoms with Gasteiger partial charge in [-0.1, -0.05) is 25.5 Å². The van der Waals surface area contributed by atoms with E-state index in [-0.39, 0.29) is 5.91 Å². The average molecular weight is 355 g/mol. The highest BCUT2D eigenvalue weighted by atomic mass is 32.1. The van der Waals surface area contributed by atoms with Crippen molar-refractivity contribution in [2.75, 3.05) is 0 Å². The van der Waals surface area contributed by atoms with Crippen LogP contribution in [0.2, 0.25) is 0 Å². The lowest BCUT2D eigenvalue weighted by Crippen LogP contribution is -2.32. The monoisotopic (exact) mass is 355 g/mol. The highest BCUT2D eigenvalue weighted by Crippen LogP contribution is 2.16. The van der Waals surface area contributed by atoms with E-state index in [1.807, 2.05) is 43.5 Å². The minimum absolute atomic E-state index is 0.265. The average Bonchev–Trinajstić information content (AvgIpc) is 3.04. The van der Waals surface area contributed by atoms with Gasteiger partial charge in [-0.2, -0.15) is 5.26 Å². The Bertz CT molecular complexity index is 760. The van der Waals surface area contributed by atoms with Crippen molar-refractivity contribution in [2.24, 2.45) is 0 Å². The molecule has 0 fully saturated rings. The predicted molar refractivity (Wildman–Crippen MR) is 99.1 cm³/mol. The van der Waals surface area contributed by atoms with Crippen LogP contribution in [0.15, 0.2) is 35.7 Å². The Kier molecular flexibility index (Phi) is 7.17. The molecular weight excluding hydrogens is 334 g/mol. The Balaban J connectivity index is 1.84. The number of nitrogens with zero attached hydrogens (tertiary/aromatic N) is 2. The molecule has 0 bridgehead atoms. The minimum Gasteiger partial charge on any atom is -0.487 e. The number of hydrogen-bond donors (Lipinski definition) is 1. The first-order chi connectivity index (χ1) is 12.1. The molecule has 0 saturated carbocycles. The second-order valence-corrected chi connectivity index (χ2v) is 6.59. The predicted octanol–water partition coefficient (Wildman–Crippen LogP) is 3.85. The van der Waals surface area contributed by atoms with Crippen LogP contribution in [-0.2, 0) is 11.4 Å². The van der Waals surface area contributed by atoms with Gasteiger partial charge in [-0.15, -0.1) is 11.3 Å². The number of aryl methyl sites for hydroxylation is 1. The van der Waals surface area contributed by atoms with Gasteiger partial charge < -0.3 is 10.1 Å². The van der Waals surface area contributed by atoms with Crippen molar-refractivity contribution in [1.29, 1.82) is 5.26 Å². The Morgan fingerprint density at radius 3 is 2.80 bits per heavy atom. The van der Waals surface area contributed by atoms with Gasteiger partial charge >= 0.3 is 0 Å². The van der Waals surface area contributed by atoms with E-state index in [4.69, 9.17) is 10.00 Å². The van der Waals surface area contributed by atoms with Gasteiger partial charge in [0.2, 0.25) is 5.91 Å². The van der Waals surface area contributed by atoms with Crippen molar-refractivity contribution >= 4 is 23.3 Å². The topological polar surface area (TPSA) is 75.0 Å². The molecule has 6 heteroatoms. The summed E-state index contributed by atoms with van der Waals surface area (Å²) < 4.78 is 5.68. The highest BCUT2D eigenvalue weighted by Gasteiger charge is 2.07. The van der Waals surface area contributed by atoms with Crippen LogP contribution in [-0.4, -0.2) is 16.9 Å². The minimum atomic E-state index is -0.438. The number of nitriles is 1. The zero-order valence-corrected chi connectivity index (χ0v) is 15.2. The van der Waals surface area contributed by atoms with Crippen LogP contribution in [0.1, 0.15) is 36.0 Å². The molecule has 1 heterocycles. The van der Waals surface area contributed by atoms with E-state index >= 15 is 0 Å². The lowest BCUT2D eigenvalue weighted by molar-refractivity contribution is -0.116. The van der Waals surface area contributed by atoms with Crippen LogP contribution < -0.4 is 10.1 Å². The lowest BCUT2D eigenvalue weighted by atomic mass is 10.2. The molecule has 1 amide bonds. The number of rotatable bonds is 8. The number of carbonyl (C=O) groups excluding carboxylic acids is 1. The standard InChI is InChI=1S/C19H21N3O2S/c1-3-4-16(11-20)22-19(23)10-7-15-5-8-18(9-6-15)24-12-17-13-25-14(2)21-17/h5-10,13,16H,3-4,12H2,1-2H3,(H,22,23). The largest absolute Gasteiger partial charge is 0.487 e. The highest BCUT2D eigenvalue weighted by molar-refractivity contribution is 7.09. The van der Waals surface area contributed by atoms with Crippen molar-refractivity contribution < 1.29 is 9.53 Å². The summed E-state index contributed by atoms with van der Waals surface area (Å²) in [6.45, 7) is 4.38. The van der Waals surface area contributed by atoms with Gasteiger partial charge in [0.1, 0.15) is 18.4 Å². The van der Waals surface area contributed by atoms with Crippen LogP contribution in [0.4, 0.5) is 0 Å². The Labute approximate surface area is 152 Å². The molecule has 2 aromatic rings. The third kappa shape index (κ3) is 6.40. The third-order valence-corrected chi connectivity index (χ3v) is 4.23. The van der Waals surface area contributed by atoms with Crippen LogP contribution in [0.25, 0.3) is 6.08 Å². The summed E-state index contributed by atoms with van der Waals surface area (Å²) in [5, 5.41) is 14.6. The molecule has 0 saturated heterocycles. The van der Waals surface area contributed by atoms with Crippen molar-refractivity contribution in [3.63, 3.8) is 0 Å². The number of ether oxygens (including phenoxy) is 1. The van der Waals surface area contributed by atoms with Gasteiger partial charge in [-0.25, -0.2) is 4.98 Å². The molecule has 1 N–H and O–H groups in total. The molecule has 25 heavy (non-hydrogen) atoms. The number of amides is 1. The van der Waals surface area contributed by atoms with Gasteiger partial charge in [-0.05, 0) is 37.1 Å². The summed E-state index contributed by atoms with van der Waals surface area (Å²) in [5.74, 6) is 0.485. The second kappa shape index (κ2) is 9.60. The zero-order chi connectivity index (χ0) is 18.1. The van der Waals surface area contributed by atoms with E-state index < -0.39 is 6.04 Å². The molecule has 2 rings (SSSR count). The number of aromatic nitrogens is 1. The molecule has 1 atom stereocenters. The van der Waals surface area contributed by atoms with Crippen molar-refractivity contribution in [3.8, 4) is 11.8 Å². The third-order valence-electron chi connectivity index (χ3n) is 3.41. The second-order valence-electron chi connectivity index (χ2n) is 5.53. The Morgan fingerprint density at radius 2 is 2.20 bits per heavy atom. The SMILES string of the molecule is CCCC(C#N)NC(=O)C=Cc1ccc(OCc2csc(C)n2)cc1. The van der Waals surface area contributed by atoms with Crippen LogP contribution in [0.3, 0.4) is 0 Å². The number of nitrogens with one attached hydrogen (secondary N) is 1. The van der Waals surface area contributed by atoms with E-state index in [9.17, 15) is 4.79 Å². The van der Waals surface area contributed by atoms with Gasteiger partial charge in [0.25, 0.3) is 0 Å². The summed E-state index contributed by atoms with van der Waals surface area (Å²) in [6.07, 6.45) is 4.65. The number of carbonyl (C=O) groups is 1. The summed E-state index contributed by atoms with van der Waals surface area (Å²) >= 11 is 1.60.